The van der Waals surface area contributed by atoms with Crippen LogP contribution in [0.15, 0.2) is 53.5 Å². The first-order chi connectivity index (χ1) is 16.6. The predicted octanol–water partition coefficient (Wildman–Crippen LogP) is 6.76. The molecule has 1 aliphatic rings. The fraction of sp³-hybridized carbons (Fsp3) is 0.310. The van der Waals surface area contributed by atoms with Crippen LogP contribution in [0.1, 0.15) is 50.0 Å². The van der Waals surface area contributed by atoms with Gasteiger partial charge in [0.2, 0.25) is 0 Å². The predicted molar refractivity (Wildman–Crippen MR) is 138 cm³/mol. The van der Waals surface area contributed by atoms with Crippen molar-refractivity contribution >= 4 is 28.5 Å². The molecule has 0 unspecified atom stereocenters. The standard InChI is InChI=1S/C29H30FNO4/c1-17-15-19-7-6-8-22(30)25(19)26(24(17)27(28(32)33)35-29(2,3)4)20-9-10-23-21(16-20)18(11-13-31-5)12-14-34-23/h6-11,13,15-16,27H,12,14H2,1-5H3,(H,32,33)/b18-11-,31-13-/t27-/m0/s1. The van der Waals surface area contributed by atoms with Crippen molar-refractivity contribution in [2.24, 2.45) is 4.99 Å². The van der Waals surface area contributed by atoms with E-state index in [2.05, 4.69) is 4.99 Å². The summed E-state index contributed by atoms with van der Waals surface area (Å²) in [5.41, 5.74) is 3.60. The highest BCUT2D eigenvalue weighted by molar-refractivity contribution is 6.02. The van der Waals surface area contributed by atoms with Crippen molar-refractivity contribution in [3.05, 3.63) is 71.0 Å². The van der Waals surface area contributed by atoms with Crippen molar-refractivity contribution in [1.82, 2.24) is 0 Å². The number of aryl methyl sites for hydroxylation is 1. The Bertz CT molecular complexity index is 1350. The molecule has 0 spiro atoms. The molecule has 3 aromatic carbocycles. The van der Waals surface area contributed by atoms with E-state index in [-0.39, 0.29) is 0 Å². The van der Waals surface area contributed by atoms with E-state index in [4.69, 9.17) is 9.47 Å². The van der Waals surface area contributed by atoms with Crippen LogP contribution in [0, 0.1) is 12.7 Å². The Labute approximate surface area is 204 Å². The number of benzene rings is 3. The van der Waals surface area contributed by atoms with Crippen molar-refractivity contribution in [3.8, 4) is 16.9 Å². The van der Waals surface area contributed by atoms with Gasteiger partial charge in [0.05, 0.1) is 12.2 Å². The molecule has 0 amide bonds. The van der Waals surface area contributed by atoms with Crippen molar-refractivity contribution in [2.45, 2.75) is 45.8 Å². The molecule has 0 radical (unpaired) electrons. The van der Waals surface area contributed by atoms with Gasteiger partial charge in [-0.1, -0.05) is 24.3 Å². The number of ether oxygens (including phenoxy) is 2. The van der Waals surface area contributed by atoms with Gasteiger partial charge >= 0.3 is 5.97 Å². The van der Waals surface area contributed by atoms with Crippen LogP contribution < -0.4 is 4.74 Å². The minimum atomic E-state index is -1.27. The van der Waals surface area contributed by atoms with Crippen LogP contribution >= 0.6 is 0 Å². The maximum atomic E-state index is 15.4. The van der Waals surface area contributed by atoms with Crippen LogP contribution in [0.4, 0.5) is 4.39 Å². The zero-order valence-corrected chi connectivity index (χ0v) is 20.7. The van der Waals surface area contributed by atoms with Gasteiger partial charge in [0.25, 0.3) is 0 Å². The monoisotopic (exact) mass is 475 g/mol. The summed E-state index contributed by atoms with van der Waals surface area (Å²) in [7, 11) is 1.71. The molecule has 35 heavy (non-hydrogen) atoms. The number of carbonyl (C=O) groups is 1. The van der Waals surface area contributed by atoms with Gasteiger partial charge in [-0.2, -0.15) is 0 Å². The van der Waals surface area contributed by atoms with E-state index < -0.39 is 23.5 Å². The summed E-state index contributed by atoms with van der Waals surface area (Å²) in [4.78, 5) is 16.5. The number of nitrogens with zero attached hydrogens (tertiary/aromatic N) is 1. The molecule has 1 atom stereocenters. The molecule has 0 saturated heterocycles. The Morgan fingerprint density at radius 2 is 2.00 bits per heavy atom. The molecule has 6 heteroatoms. The van der Waals surface area contributed by atoms with Crippen molar-refractivity contribution in [2.75, 3.05) is 13.7 Å². The number of hydrogen-bond donors (Lipinski definition) is 1. The summed E-state index contributed by atoms with van der Waals surface area (Å²) in [6.45, 7) is 7.83. The second-order valence-corrected chi connectivity index (χ2v) is 9.68. The molecule has 0 bridgehead atoms. The van der Waals surface area contributed by atoms with Crippen LogP contribution in [-0.2, 0) is 9.53 Å². The number of rotatable bonds is 5. The minimum Gasteiger partial charge on any atom is -0.493 e. The van der Waals surface area contributed by atoms with E-state index in [1.54, 1.807) is 19.3 Å². The van der Waals surface area contributed by atoms with Crippen LogP contribution in [-0.4, -0.2) is 36.5 Å². The number of carboxylic acids is 1. The van der Waals surface area contributed by atoms with Crippen LogP contribution in [0.3, 0.4) is 0 Å². The summed E-state index contributed by atoms with van der Waals surface area (Å²) in [6, 6.07) is 12.4. The number of carboxylic acid groups (broad SMARTS) is 1. The van der Waals surface area contributed by atoms with E-state index in [1.165, 1.54) is 6.07 Å². The topological polar surface area (TPSA) is 68.1 Å². The Morgan fingerprint density at radius 1 is 1.23 bits per heavy atom. The SMILES string of the molecule is C/N=C\C=C1\CCOc2ccc(-c3c([C@H](OC(C)(C)C)C(=O)O)c(C)cc4cccc(F)c34)cc21. The smallest absolute Gasteiger partial charge is 0.337 e. The van der Waals surface area contributed by atoms with Gasteiger partial charge < -0.3 is 14.6 Å². The molecule has 3 aromatic rings. The lowest BCUT2D eigenvalue weighted by molar-refractivity contribution is -0.160. The fourth-order valence-electron chi connectivity index (χ4n) is 4.60. The number of fused-ring (bicyclic) bond motifs is 2. The first-order valence-corrected chi connectivity index (χ1v) is 11.6. The molecular weight excluding hydrogens is 445 g/mol. The van der Waals surface area contributed by atoms with Gasteiger partial charge in [-0.05, 0) is 79.6 Å². The van der Waals surface area contributed by atoms with E-state index in [9.17, 15) is 9.90 Å². The zero-order chi connectivity index (χ0) is 25.3. The van der Waals surface area contributed by atoms with E-state index >= 15 is 4.39 Å². The minimum absolute atomic E-state index is 0.370. The molecule has 0 fully saturated rings. The zero-order valence-electron chi connectivity index (χ0n) is 20.7. The molecule has 1 N–H and O–H groups in total. The van der Waals surface area contributed by atoms with Gasteiger partial charge in [-0.3, -0.25) is 4.99 Å². The van der Waals surface area contributed by atoms with Crippen molar-refractivity contribution in [3.63, 3.8) is 0 Å². The number of allylic oxidation sites excluding steroid dienone is 1. The molecule has 5 nitrogen and oxygen atoms in total. The Hall–Kier alpha value is -3.51. The number of aliphatic carboxylic acids is 1. The summed E-state index contributed by atoms with van der Waals surface area (Å²) < 4.78 is 27.3. The normalized spacial score (nSPS) is 15.9. The first-order valence-electron chi connectivity index (χ1n) is 11.6. The second kappa shape index (κ2) is 9.62. The van der Waals surface area contributed by atoms with Gasteiger partial charge in [-0.25, -0.2) is 9.18 Å². The maximum Gasteiger partial charge on any atom is 0.337 e. The largest absolute Gasteiger partial charge is 0.493 e. The Morgan fingerprint density at radius 3 is 2.69 bits per heavy atom. The molecule has 1 heterocycles. The second-order valence-electron chi connectivity index (χ2n) is 9.68. The molecule has 182 valence electrons. The van der Waals surface area contributed by atoms with Crippen molar-refractivity contribution in [1.29, 1.82) is 0 Å². The quantitative estimate of drug-likeness (QED) is 0.414. The summed E-state index contributed by atoms with van der Waals surface area (Å²) in [6.07, 6.45) is 3.12. The van der Waals surface area contributed by atoms with Crippen LogP contribution in [0.25, 0.3) is 27.5 Å². The van der Waals surface area contributed by atoms with E-state index in [0.717, 1.165) is 22.4 Å². The Kier molecular flexibility index (Phi) is 6.77. The molecule has 0 aromatic heterocycles. The lowest BCUT2D eigenvalue weighted by Gasteiger charge is -2.29. The van der Waals surface area contributed by atoms with Crippen molar-refractivity contribution < 1.29 is 23.8 Å². The van der Waals surface area contributed by atoms with Gasteiger partial charge in [0.15, 0.2) is 6.10 Å². The molecule has 1 aliphatic heterocycles. The van der Waals surface area contributed by atoms with Gasteiger partial charge in [-0.15, -0.1) is 0 Å². The number of aliphatic imine (C=N–C) groups is 1. The summed E-state index contributed by atoms with van der Waals surface area (Å²) in [5.74, 6) is -0.807. The van der Waals surface area contributed by atoms with Gasteiger partial charge in [0, 0.05) is 36.2 Å². The maximum absolute atomic E-state index is 15.4. The Balaban J connectivity index is 2.07. The van der Waals surface area contributed by atoms with Crippen LogP contribution in [0.5, 0.6) is 5.75 Å². The van der Waals surface area contributed by atoms with E-state index in [0.29, 0.717) is 40.5 Å². The lowest BCUT2D eigenvalue weighted by Crippen LogP contribution is -2.28. The third kappa shape index (κ3) is 4.98. The highest BCUT2D eigenvalue weighted by atomic mass is 19.1. The van der Waals surface area contributed by atoms with Gasteiger partial charge in [0.1, 0.15) is 11.6 Å². The number of halogens is 1. The molecule has 0 saturated carbocycles. The summed E-state index contributed by atoms with van der Waals surface area (Å²) in [5, 5.41) is 11.3. The van der Waals surface area contributed by atoms with E-state index in [1.807, 2.05) is 64.1 Å². The summed E-state index contributed by atoms with van der Waals surface area (Å²) >= 11 is 0. The van der Waals surface area contributed by atoms with Crippen LogP contribution in [0.2, 0.25) is 0 Å². The average Bonchev–Trinajstić information content (AvgIpc) is 2.79. The highest BCUT2D eigenvalue weighted by Crippen LogP contribution is 2.44. The molecule has 4 rings (SSSR count). The third-order valence-corrected chi connectivity index (χ3v) is 5.99. The number of hydrogen-bond acceptors (Lipinski definition) is 4. The molecule has 0 aliphatic carbocycles. The fourth-order valence-corrected chi connectivity index (χ4v) is 4.60. The average molecular weight is 476 g/mol. The highest BCUT2D eigenvalue weighted by Gasteiger charge is 2.32. The first kappa shape index (κ1) is 24.6. The third-order valence-electron chi connectivity index (χ3n) is 5.99. The molecular formula is C29H30FNO4. The lowest BCUT2D eigenvalue weighted by atomic mass is 9.85.